The fraction of sp³-hybridized carbons (Fsp3) is 0.211. The first kappa shape index (κ1) is 19.8. The third-order valence-electron chi connectivity index (χ3n) is 3.80. The van der Waals surface area contributed by atoms with E-state index in [0.717, 1.165) is 15.0 Å². The number of aromatic nitrogens is 2. The summed E-state index contributed by atoms with van der Waals surface area (Å²) in [5, 5.41) is 10.2. The fourth-order valence-corrected chi connectivity index (χ4v) is 3.59. The first-order chi connectivity index (χ1) is 12.8. The highest BCUT2D eigenvalue weighted by Gasteiger charge is 2.34. The molecule has 1 heterocycles. The zero-order chi connectivity index (χ0) is 19.6. The summed E-state index contributed by atoms with van der Waals surface area (Å²) >= 11 is 10.6. The molecule has 0 radical (unpaired) electrons. The van der Waals surface area contributed by atoms with E-state index in [4.69, 9.17) is 16.3 Å². The standard InChI is InChI=1S/C19H17BrClN3O2S/c1-19(2,26-15-10-8-14(21)9-11-15)17(25)24(3)18-23-22-16(27-18)12-4-6-13(20)7-5-12/h4-11H,1-3H3. The van der Waals surface area contributed by atoms with Gasteiger partial charge in [-0.1, -0.05) is 51.0 Å². The van der Waals surface area contributed by atoms with E-state index in [1.54, 1.807) is 45.2 Å². The van der Waals surface area contributed by atoms with Gasteiger partial charge in [-0.15, -0.1) is 10.2 Å². The largest absolute Gasteiger partial charge is 0.478 e. The molecule has 1 amide bonds. The number of carbonyl (C=O) groups is 1. The quantitative estimate of drug-likeness (QED) is 0.502. The van der Waals surface area contributed by atoms with E-state index in [2.05, 4.69) is 26.1 Å². The van der Waals surface area contributed by atoms with E-state index in [-0.39, 0.29) is 5.91 Å². The Morgan fingerprint density at radius 3 is 2.37 bits per heavy atom. The highest BCUT2D eigenvalue weighted by atomic mass is 79.9. The second-order valence-electron chi connectivity index (χ2n) is 6.33. The molecule has 8 heteroatoms. The number of carbonyl (C=O) groups excluding carboxylic acids is 1. The van der Waals surface area contributed by atoms with Gasteiger partial charge in [0.2, 0.25) is 5.13 Å². The molecule has 0 spiro atoms. The third kappa shape index (κ3) is 4.66. The maximum atomic E-state index is 12.9. The third-order valence-corrected chi connectivity index (χ3v) is 5.63. The van der Waals surface area contributed by atoms with Crippen molar-refractivity contribution in [1.82, 2.24) is 10.2 Å². The summed E-state index contributed by atoms with van der Waals surface area (Å²) in [6.45, 7) is 3.44. The van der Waals surface area contributed by atoms with E-state index < -0.39 is 5.60 Å². The van der Waals surface area contributed by atoms with Crippen LogP contribution < -0.4 is 9.64 Å². The summed E-state index contributed by atoms with van der Waals surface area (Å²) in [4.78, 5) is 14.4. The zero-order valence-electron chi connectivity index (χ0n) is 14.9. The van der Waals surface area contributed by atoms with Crippen LogP contribution in [0.4, 0.5) is 5.13 Å². The van der Waals surface area contributed by atoms with Crippen LogP contribution in [0.2, 0.25) is 5.02 Å². The van der Waals surface area contributed by atoms with Crippen molar-refractivity contribution in [1.29, 1.82) is 0 Å². The van der Waals surface area contributed by atoms with Crippen molar-refractivity contribution in [3.8, 4) is 16.3 Å². The highest BCUT2D eigenvalue weighted by Crippen LogP contribution is 2.30. The molecule has 3 rings (SSSR count). The minimum Gasteiger partial charge on any atom is -0.478 e. The lowest BCUT2D eigenvalue weighted by atomic mass is 10.1. The highest BCUT2D eigenvalue weighted by molar-refractivity contribution is 9.10. The Morgan fingerprint density at radius 2 is 1.74 bits per heavy atom. The summed E-state index contributed by atoms with van der Waals surface area (Å²) in [6, 6.07) is 14.7. The minimum atomic E-state index is -1.08. The molecule has 27 heavy (non-hydrogen) atoms. The topological polar surface area (TPSA) is 55.3 Å². The molecule has 0 bridgehead atoms. The van der Waals surface area contributed by atoms with Crippen LogP contribution in [-0.4, -0.2) is 28.8 Å². The molecule has 3 aromatic rings. The van der Waals surface area contributed by atoms with Gasteiger partial charge in [0, 0.05) is 22.1 Å². The minimum absolute atomic E-state index is 0.226. The number of likely N-dealkylation sites (N-methyl/N-ethyl adjacent to an activating group) is 1. The van der Waals surface area contributed by atoms with Gasteiger partial charge in [0.05, 0.1) is 0 Å². The summed E-state index contributed by atoms with van der Waals surface area (Å²) in [7, 11) is 1.67. The van der Waals surface area contributed by atoms with Gasteiger partial charge >= 0.3 is 0 Å². The molecule has 140 valence electrons. The Morgan fingerprint density at radius 1 is 1.11 bits per heavy atom. The van der Waals surface area contributed by atoms with Crippen molar-refractivity contribution in [3.63, 3.8) is 0 Å². The molecule has 2 aromatic carbocycles. The van der Waals surface area contributed by atoms with Crippen molar-refractivity contribution in [2.45, 2.75) is 19.4 Å². The fourth-order valence-electron chi connectivity index (χ4n) is 2.39. The van der Waals surface area contributed by atoms with Crippen molar-refractivity contribution in [2.75, 3.05) is 11.9 Å². The van der Waals surface area contributed by atoms with E-state index in [1.165, 1.54) is 16.2 Å². The van der Waals surface area contributed by atoms with Crippen molar-refractivity contribution in [3.05, 3.63) is 58.0 Å². The summed E-state index contributed by atoms with van der Waals surface area (Å²) in [5.41, 5.74) is -0.133. The van der Waals surface area contributed by atoms with Gasteiger partial charge in [-0.05, 0) is 50.2 Å². The molecule has 0 aliphatic rings. The van der Waals surface area contributed by atoms with Crippen LogP contribution in [0.15, 0.2) is 53.0 Å². The number of anilines is 1. The van der Waals surface area contributed by atoms with Crippen LogP contribution >= 0.6 is 38.9 Å². The first-order valence-electron chi connectivity index (χ1n) is 8.08. The van der Waals surface area contributed by atoms with Crippen LogP contribution in [0.5, 0.6) is 5.75 Å². The number of halogens is 2. The van der Waals surface area contributed by atoms with Crippen LogP contribution in [-0.2, 0) is 4.79 Å². The Bertz CT molecular complexity index is 942. The number of hydrogen-bond donors (Lipinski definition) is 0. The lowest BCUT2D eigenvalue weighted by molar-refractivity contribution is -0.131. The second kappa shape index (κ2) is 7.96. The van der Waals surface area contributed by atoms with Crippen LogP contribution in [0.3, 0.4) is 0 Å². The van der Waals surface area contributed by atoms with Gasteiger partial charge in [-0.3, -0.25) is 9.69 Å². The van der Waals surface area contributed by atoms with Crippen molar-refractivity contribution >= 4 is 49.9 Å². The monoisotopic (exact) mass is 465 g/mol. The number of hydrogen-bond acceptors (Lipinski definition) is 5. The molecular weight excluding hydrogens is 450 g/mol. The van der Waals surface area contributed by atoms with Crippen LogP contribution in [0.25, 0.3) is 10.6 Å². The molecule has 0 atom stereocenters. The Labute approximate surface area is 175 Å². The molecule has 0 aliphatic carbocycles. The Balaban J connectivity index is 1.76. The average Bonchev–Trinajstić information content (AvgIpc) is 3.13. The normalized spacial score (nSPS) is 11.3. The van der Waals surface area contributed by atoms with Gasteiger partial charge in [-0.25, -0.2) is 0 Å². The van der Waals surface area contributed by atoms with Crippen LogP contribution in [0.1, 0.15) is 13.8 Å². The smallest absolute Gasteiger partial charge is 0.272 e. The summed E-state index contributed by atoms with van der Waals surface area (Å²) in [5.74, 6) is 0.343. The van der Waals surface area contributed by atoms with E-state index >= 15 is 0 Å². The SMILES string of the molecule is CN(C(=O)C(C)(C)Oc1ccc(Cl)cc1)c1nnc(-c2ccc(Br)cc2)s1. The van der Waals surface area contributed by atoms with Gasteiger partial charge in [-0.2, -0.15) is 0 Å². The van der Waals surface area contributed by atoms with Crippen molar-refractivity contribution < 1.29 is 9.53 Å². The van der Waals surface area contributed by atoms with E-state index in [1.807, 2.05) is 24.3 Å². The van der Waals surface area contributed by atoms with Gasteiger partial charge in [0.25, 0.3) is 5.91 Å². The van der Waals surface area contributed by atoms with Crippen molar-refractivity contribution in [2.24, 2.45) is 0 Å². The second-order valence-corrected chi connectivity index (χ2v) is 8.64. The first-order valence-corrected chi connectivity index (χ1v) is 10.1. The number of amides is 1. The molecule has 0 unspecified atom stereocenters. The van der Waals surface area contributed by atoms with Gasteiger partial charge < -0.3 is 4.74 Å². The molecule has 5 nitrogen and oxygen atoms in total. The van der Waals surface area contributed by atoms with Gasteiger partial charge in [0.15, 0.2) is 5.60 Å². The predicted octanol–water partition coefficient (Wildman–Crippen LogP) is 5.44. The molecule has 0 fully saturated rings. The number of benzene rings is 2. The number of nitrogens with zero attached hydrogens (tertiary/aromatic N) is 3. The molecule has 0 N–H and O–H groups in total. The Hall–Kier alpha value is -1.96. The average molecular weight is 467 g/mol. The summed E-state index contributed by atoms with van der Waals surface area (Å²) < 4.78 is 6.86. The lowest BCUT2D eigenvalue weighted by Crippen LogP contribution is -2.47. The van der Waals surface area contributed by atoms with E-state index in [9.17, 15) is 4.79 Å². The number of rotatable bonds is 5. The molecule has 0 saturated carbocycles. The molecule has 0 aliphatic heterocycles. The zero-order valence-corrected chi connectivity index (χ0v) is 18.1. The maximum absolute atomic E-state index is 12.9. The number of ether oxygens (including phenoxy) is 1. The lowest BCUT2D eigenvalue weighted by Gasteiger charge is -2.28. The summed E-state index contributed by atoms with van der Waals surface area (Å²) in [6.07, 6.45) is 0. The Kier molecular flexibility index (Phi) is 5.83. The molecule has 0 saturated heterocycles. The van der Waals surface area contributed by atoms with Crippen LogP contribution in [0, 0.1) is 0 Å². The molecule has 1 aromatic heterocycles. The molecular formula is C19H17BrClN3O2S. The maximum Gasteiger partial charge on any atom is 0.272 e. The van der Waals surface area contributed by atoms with E-state index in [0.29, 0.717) is 15.9 Å². The van der Waals surface area contributed by atoms with Gasteiger partial charge in [0.1, 0.15) is 10.8 Å². The predicted molar refractivity (Wildman–Crippen MR) is 113 cm³/mol.